The van der Waals surface area contributed by atoms with Gasteiger partial charge in [0.15, 0.2) is 5.82 Å². The van der Waals surface area contributed by atoms with Crippen LogP contribution in [0.5, 0.6) is 5.75 Å². The quantitative estimate of drug-likeness (QED) is 0.562. The van der Waals surface area contributed by atoms with Crippen molar-refractivity contribution >= 4 is 27.4 Å². The zero-order chi connectivity index (χ0) is 23.3. The Bertz CT molecular complexity index is 1200. The minimum absolute atomic E-state index is 0.0786. The minimum atomic E-state index is -3.92. The van der Waals surface area contributed by atoms with Gasteiger partial charge in [0.2, 0.25) is 10.0 Å². The van der Waals surface area contributed by atoms with E-state index in [-0.39, 0.29) is 22.8 Å². The molecule has 3 aromatic rings. The fraction of sp³-hybridized carbons (Fsp3) is 0.217. The van der Waals surface area contributed by atoms with Gasteiger partial charge in [-0.1, -0.05) is 30.3 Å². The molecule has 0 saturated carbocycles. The van der Waals surface area contributed by atoms with Crippen molar-refractivity contribution in [2.45, 2.75) is 11.4 Å². The van der Waals surface area contributed by atoms with Crippen LogP contribution in [0.25, 0.3) is 0 Å². The van der Waals surface area contributed by atoms with Gasteiger partial charge in [-0.25, -0.2) is 13.4 Å². The maximum absolute atomic E-state index is 13.3. The lowest BCUT2D eigenvalue weighted by Crippen LogP contribution is -2.27. The van der Waals surface area contributed by atoms with Crippen LogP contribution in [0.15, 0.2) is 71.8 Å². The molecule has 2 aromatic carbocycles. The molecule has 9 heteroatoms. The Morgan fingerprint density at radius 2 is 1.75 bits per heavy atom. The molecule has 8 nitrogen and oxygen atoms in total. The number of anilines is 2. The number of rotatable bonds is 8. The molecule has 1 heterocycles. The molecule has 3 rings (SSSR count). The lowest BCUT2D eigenvalue weighted by Gasteiger charge is -2.20. The van der Waals surface area contributed by atoms with Crippen molar-refractivity contribution < 1.29 is 17.9 Å². The number of sulfonamides is 1. The summed E-state index contributed by atoms with van der Waals surface area (Å²) in [7, 11) is 2.60. The fourth-order valence-corrected chi connectivity index (χ4v) is 4.49. The fourth-order valence-electron chi connectivity index (χ4n) is 3.16. The summed E-state index contributed by atoms with van der Waals surface area (Å²) in [5.41, 5.74) is 1.55. The maximum Gasteiger partial charge on any atom is 0.255 e. The first kappa shape index (κ1) is 23.2. The monoisotopic (exact) mass is 454 g/mol. The molecule has 0 aliphatic rings. The third-order valence-electron chi connectivity index (χ3n) is 4.82. The number of pyridine rings is 1. The van der Waals surface area contributed by atoms with E-state index in [1.165, 1.54) is 36.7 Å². The third-order valence-corrected chi connectivity index (χ3v) is 6.65. The molecule has 0 atom stereocenters. The molecule has 0 fully saturated rings. The number of amides is 1. The summed E-state index contributed by atoms with van der Waals surface area (Å²) in [5.74, 6) is 0.299. The van der Waals surface area contributed by atoms with Gasteiger partial charge in [-0.3, -0.25) is 4.79 Å². The minimum Gasteiger partial charge on any atom is -0.495 e. The van der Waals surface area contributed by atoms with Crippen LogP contribution in [0.2, 0.25) is 0 Å². The number of carbonyl (C=O) groups is 1. The van der Waals surface area contributed by atoms with Crippen molar-refractivity contribution in [3.05, 3.63) is 78.0 Å². The molecule has 0 unspecified atom stereocenters. The van der Waals surface area contributed by atoms with Crippen LogP contribution in [0.3, 0.4) is 0 Å². The number of aromatic nitrogens is 1. The van der Waals surface area contributed by atoms with Crippen molar-refractivity contribution in [2.75, 3.05) is 38.5 Å². The van der Waals surface area contributed by atoms with Gasteiger partial charge in [-0.2, -0.15) is 4.31 Å². The summed E-state index contributed by atoms with van der Waals surface area (Å²) in [6.45, 7) is 0.185. The highest BCUT2D eigenvalue weighted by molar-refractivity contribution is 7.89. The van der Waals surface area contributed by atoms with Crippen LogP contribution in [0.4, 0.5) is 11.5 Å². The molecular weight excluding hydrogens is 428 g/mol. The summed E-state index contributed by atoms with van der Waals surface area (Å²) in [6.07, 6.45) is 1.63. The number of carbonyl (C=O) groups excluding carboxylic acids is 1. The highest BCUT2D eigenvalue weighted by Gasteiger charge is 2.26. The predicted molar refractivity (Wildman–Crippen MR) is 125 cm³/mol. The van der Waals surface area contributed by atoms with Crippen molar-refractivity contribution in [3.63, 3.8) is 0 Å². The molecule has 168 valence electrons. The maximum atomic E-state index is 13.3. The van der Waals surface area contributed by atoms with Crippen molar-refractivity contribution in [1.82, 2.24) is 9.29 Å². The van der Waals surface area contributed by atoms with Crippen molar-refractivity contribution in [3.8, 4) is 5.75 Å². The molecule has 0 bridgehead atoms. The summed E-state index contributed by atoms with van der Waals surface area (Å²) in [5, 5.41) is 2.80. The normalized spacial score (nSPS) is 11.3. The van der Waals surface area contributed by atoms with Crippen LogP contribution in [-0.2, 0) is 16.6 Å². The van der Waals surface area contributed by atoms with Gasteiger partial charge in [0.05, 0.1) is 12.8 Å². The summed E-state index contributed by atoms with van der Waals surface area (Å²) in [6, 6.07) is 17.0. The highest BCUT2D eigenvalue weighted by Crippen LogP contribution is 2.29. The van der Waals surface area contributed by atoms with Gasteiger partial charge in [0, 0.05) is 39.4 Å². The summed E-state index contributed by atoms with van der Waals surface area (Å²) in [4.78, 5) is 18.9. The zero-order valence-corrected chi connectivity index (χ0v) is 19.3. The molecule has 0 saturated heterocycles. The topological polar surface area (TPSA) is 91.8 Å². The largest absolute Gasteiger partial charge is 0.495 e. The van der Waals surface area contributed by atoms with Crippen molar-refractivity contribution in [1.29, 1.82) is 0 Å². The number of nitrogens with one attached hydrogen (secondary N) is 1. The summed E-state index contributed by atoms with van der Waals surface area (Å²) < 4.78 is 33.1. The van der Waals surface area contributed by atoms with Gasteiger partial charge in [-0.05, 0) is 35.9 Å². The molecule has 1 aromatic heterocycles. The second-order valence-electron chi connectivity index (χ2n) is 7.34. The number of ether oxygens (including phenoxy) is 1. The van der Waals surface area contributed by atoms with Gasteiger partial charge in [-0.15, -0.1) is 0 Å². The molecule has 0 aliphatic carbocycles. The van der Waals surface area contributed by atoms with Gasteiger partial charge >= 0.3 is 0 Å². The number of hydrogen-bond donors (Lipinski definition) is 1. The predicted octanol–water partition coefficient (Wildman–Crippen LogP) is 3.23. The van der Waals surface area contributed by atoms with E-state index in [1.807, 2.05) is 44.4 Å². The van der Waals surface area contributed by atoms with Crippen LogP contribution in [0, 0.1) is 0 Å². The van der Waals surface area contributed by atoms with E-state index in [4.69, 9.17) is 4.74 Å². The standard InChI is InChI=1S/C23H26N4O4S/c1-26(2)22-19(11-8-14-24-22)25-23(28)18-12-13-20(31-4)21(15-18)32(29,30)27(3)16-17-9-6-5-7-10-17/h5-15H,16H2,1-4H3,(H,25,28). The molecule has 1 amide bonds. The van der Waals surface area contributed by atoms with Gasteiger partial charge in [0.25, 0.3) is 5.91 Å². The number of methoxy groups -OCH3 is 1. The third kappa shape index (κ3) is 5.06. The number of hydrogen-bond acceptors (Lipinski definition) is 6. The molecule has 0 radical (unpaired) electrons. The number of benzene rings is 2. The molecule has 32 heavy (non-hydrogen) atoms. The molecule has 1 N–H and O–H groups in total. The second kappa shape index (κ2) is 9.80. The average molecular weight is 455 g/mol. The first-order valence-electron chi connectivity index (χ1n) is 9.86. The molecule has 0 spiro atoms. The van der Waals surface area contributed by atoms with Crippen LogP contribution in [-0.4, -0.2) is 51.9 Å². The van der Waals surface area contributed by atoms with E-state index >= 15 is 0 Å². The van der Waals surface area contributed by atoms with E-state index < -0.39 is 15.9 Å². The van der Waals surface area contributed by atoms with E-state index in [0.29, 0.717) is 11.5 Å². The van der Waals surface area contributed by atoms with Crippen molar-refractivity contribution in [2.24, 2.45) is 0 Å². The summed E-state index contributed by atoms with van der Waals surface area (Å²) >= 11 is 0. The van der Waals surface area contributed by atoms with Gasteiger partial charge in [0.1, 0.15) is 10.6 Å². The first-order valence-corrected chi connectivity index (χ1v) is 11.3. The smallest absolute Gasteiger partial charge is 0.255 e. The van der Waals surface area contributed by atoms with Crippen LogP contribution in [0.1, 0.15) is 15.9 Å². The Labute approximate surface area is 188 Å². The van der Waals surface area contributed by atoms with Crippen LogP contribution >= 0.6 is 0 Å². The lowest BCUT2D eigenvalue weighted by atomic mass is 10.2. The molecular formula is C23H26N4O4S. The Morgan fingerprint density at radius 3 is 2.41 bits per heavy atom. The zero-order valence-electron chi connectivity index (χ0n) is 18.4. The average Bonchev–Trinajstić information content (AvgIpc) is 2.79. The Hall–Kier alpha value is -3.43. The molecule has 0 aliphatic heterocycles. The Kier molecular flexibility index (Phi) is 7.12. The lowest BCUT2D eigenvalue weighted by molar-refractivity contribution is 0.102. The Morgan fingerprint density at radius 1 is 1.03 bits per heavy atom. The second-order valence-corrected chi connectivity index (χ2v) is 9.35. The van der Waals surface area contributed by atoms with E-state index in [9.17, 15) is 13.2 Å². The highest BCUT2D eigenvalue weighted by atomic mass is 32.2. The van der Waals surface area contributed by atoms with E-state index in [1.54, 1.807) is 23.2 Å². The SMILES string of the molecule is COc1ccc(C(=O)Nc2cccnc2N(C)C)cc1S(=O)(=O)N(C)Cc1ccccc1. The Balaban J connectivity index is 1.92. The number of nitrogens with zero attached hydrogens (tertiary/aromatic N) is 3. The van der Waals surface area contributed by atoms with E-state index in [0.717, 1.165) is 5.56 Å². The van der Waals surface area contributed by atoms with E-state index in [2.05, 4.69) is 10.3 Å². The first-order chi connectivity index (χ1) is 15.2. The van der Waals surface area contributed by atoms with Crippen LogP contribution < -0.4 is 15.0 Å². The van der Waals surface area contributed by atoms with Gasteiger partial charge < -0.3 is 15.0 Å².